The van der Waals surface area contributed by atoms with Crippen molar-refractivity contribution < 1.29 is 9.59 Å². The molecule has 148 valence electrons. The number of hydrogen-bond acceptors (Lipinski definition) is 6. The van der Waals surface area contributed by atoms with Gasteiger partial charge in [0.05, 0.1) is 12.1 Å². The average Bonchev–Trinajstić information content (AvgIpc) is 2.73. The lowest BCUT2D eigenvalue weighted by atomic mass is 10.0. The Morgan fingerprint density at radius 2 is 1.64 bits per heavy atom. The molecule has 1 aliphatic heterocycles. The highest BCUT2D eigenvalue weighted by Gasteiger charge is 2.19. The van der Waals surface area contributed by atoms with E-state index in [0.29, 0.717) is 0 Å². The third-order valence-corrected chi connectivity index (χ3v) is 4.97. The van der Waals surface area contributed by atoms with Gasteiger partial charge < -0.3 is 9.80 Å². The van der Waals surface area contributed by atoms with Crippen LogP contribution in [0.15, 0.2) is 36.4 Å². The Morgan fingerprint density at radius 1 is 0.964 bits per heavy atom. The van der Waals surface area contributed by atoms with Crippen molar-refractivity contribution >= 4 is 17.6 Å². The van der Waals surface area contributed by atoms with Gasteiger partial charge in [0.1, 0.15) is 0 Å². The predicted molar refractivity (Wildman–Crippen MR) is 106 cm³/mol. The minimum absolute atomic E-state index is 0.122. The summed E-state index contributed by atoms with van der Waals surface area (Å²) in [6, 6.07) is 11.9. The van der Waals surface area contributed by atoms with Crippen molar-refractivity contribution in [2.45, 2.75) is 26.2 Å². The minimum atomic E-state index is -0.203. The van der Waals surface area contributed by atoms with Crippen molar-refractivity contribution in [3.8, 4) is 0 Å². The molecule has 8 nitrogen and oxygen atoms in total. The molecule has 2 heterocycles. The van der Waals surface area contributed by atoms with Crippen LogP contribution in [0.3, 0.4) is 0 Å². The van der Waals surface area contributed by atoms with E-state index in [4.69, 9.17) is 5.84 Å². The van der Waals surface area contributed by atoms with E-state index in [-0.39, 0.29) is 18.2 Å². The summed E-state index contributed by atoms with van der Waals surface area (Å²) >= 11 is 0. The lowest BCUT2D eigenvalue weighted by Crippen LogP contribution is -2.48. The number of piperazine rings is 1. The molecule has 1 aromatic heterocycles. The van der Waals surface area contributed by atoms with Crippen molar-refractivity contribution in [2.24, 2.45) is 5.84 Å². The fraction of sp³-hybridized carbons (Fsp3) is 0.400. The van der Waals surface area contributed by atoms with Crippen LogP contribution < -0.4 is 16.2 Å². The maximum Gasteiger partial charge on any atom is 0.238 e. The molecule has 8 heteroatoms. The first-order valence-electron chi connectivity index (χ1n) is 9.45. The maximum absolute atomic E-state index is 11.4. The standard InChI is InChI=1S/C20H26N6O2/c1-15(27)25-10-12-26(13-11-25)19-9-8-18(23-24-19)7-6-16-2-4-17(5-3-16)14-20(28)22-21/h2-5,8-9H,6-7,10-14,21H2,1H3,(H,22,28). The van der Waals surface area contributed by atoms with Gasteiger partial charge in [-0.05, 0) is 36.1 Å². The van der Waals surface area contributed by atoms with Crippen LogP contribution in [0.25, 0.3) is 0 Å². The summed E-state index contributed by atoms with van der Waals surface area (Å²) in [4.78, 5) is 26.7. The molecule has 3 rings (SSSR count). The largest absolute Gasteiger partial charge is 0.352 e. The molecule has 1 fully saturated rings. The van der Waals surface area contributed by atoms with Crippen LogP contribution in [0.4, 0.5) is 5.82 Å². The summed E-state index contributed by atoms with van der Waals surface area (Å²) in [5.41, 5.74) is 5.19. The van der Waals surface area contributed by atoms with Gasteiger partial charge in [-0.3, -0.25) is 15.0 Å². The fourth-order valence-corrected chi connectivity index (χ4v) is 3.24. The molecule has 0 aliphatic carbocycles. The first-order valence-corrected chi connectivity index (χ1v) is 9.45. The van der Waals surface area contributed by atoms with Gasteiger partial charge in [-0.15, -0.1) is 5.10 Å². The number of carbonyl (C=O) groups excluding carboxylic acids is 2. The summed E-state index contributed by atoms with van der Waals surface area (Å²) in [7, 11) is 0. The van der Waals surface area contributed by atoms with Gasteiger partial charge in [-0.1, -0.05) is 24.3 Å². The summed E-state index contributed by atoms with van der Waals surface area (Å²) in [6.07, 6.45) is 1.94. The van der Waals surface area contributed by atoms with Gasteiger partial charge in [0.15, 0.2) is 5.82 Å². The van der Waals surface area contributed by atoms with E-state index < -0.39 is 0 Å². The second kappa shape index (κ2) is 9.27. The number of nitrogens with one attached hydrogen (secondary N) is 1. The Kier molecular flexibility index (Phi) is 6.54. The zero-order valence-corrected chi connectivity index (χ0v) is 16.1. The smallest absolute Gasteiger partial charge is 0.238 e. The number of carbonyl (C=O) groups is 2. The molecule has 1 aliphatic rings. The Bertz CT molecular complexity index is 798. The highest BCUT2D eigenvalue weighted by molar-refractivity contribution is 5.77. The number of amides is 2. The number of nitrogens with zero attached hydrogens (tertiary/aromatic N) is 4. The Hall–Kier alpha value is -3.00. The van der Waals surface area contributed by atoms with Crippen LogP contribution in [0.5, 0.6) is 0 Å². The van der Waals surface area contributed by atoms with Gasteiger partial charge in [0.2, 0.25) is 11.8 Å². The molecule has 0 bridgehead atoms. The van der Waals surface area contributed by atoms with E-state index in [1.54, 1.807) is 6.92 Å². The number of aryl methyl sites for hydroxylation is 2. The van der Waals surface area contributed by atoms with Gasteiger partial charge in [0, 0.05) is 33.1 Å². The molecule has 0 saturated carbocycles. The average molecular weight is 382 g/mol. The summed E-state index contributed by atoms with van der Waals surface area (Å²) < 4.78 is 0. The van der Waals surface area contributed by atoms with Crippen LogP contribution in [0.1, 0.15) is 23.7 Å². The number of anilines is 1. The van der Waals surface area contributed by atoms with E-state index in [1.165, 1.54) is 5.56 Å². The van der Waals surface area contributed by atoms with Crippen LogP contribution in [0.2, 0.25) is 0 Å². The molecule has 2 aromatic rings. The minimum Gasteiger partial charge on any atom is -0.352 e. The van der Waals surface area contributed by atoms with E-state index in [9.17, 15) is 9.59 Å². The fourth-order valence-electron chi connectivity index (χ4n) is 3.24. The second-order valence-corrected chi connectivity index (χ2v) is 6.94. The van der Waals surface area contributed by atoms with Crippen molar-refractivity contribution in [1.29, 1.82) is 0 Å². The molecular weight excluding hydrogens is 356 g/mol. The second-order valence-electron chi connectivity index (χ2n) is 6.94. The van der Waals surface area contributed by atoms with Crippen molar-refractivity contribution in [3.63, 3.8) is 0 Å². The van der Waals surface area contributed by atoms with Crippen molar-refractivity contribution in [3.05, 3.63) is 53.2 Å². The maximum atomic E-state index is 11.4. The Balaban J connectivity index is 1.49. The number of hydrazine groups is 1. The molecule has 28 heavy (non-hydrogen) atoms. The third kappa shape index (κ3) is 5.26. The molecule has 0 unspecified atom stereocenters. The quantitative estimate of drug-likeness (QED) is 0.427. The molecule has 1 aromatic carbocycles. The van der Waals surface area contributed by atoms with Crippen LogP contribution in [-0.2, 0) is 28.9 Å². The van der Waals surface area contributed by atoms with E-state index in [2.05, 4.69) is 20.5 Å². The number of rotatable bonds is 6. The molecule has 0 spiro atoms. The van der Waals surface area contributed by atoms with Gasteiger partial charge in [0.25, 0.3) is 0 Å². The lowest BCUT2D eigenvalue weighted by Gasteiger charge is -2.34. The molecular formula is C20H26N6O2. The number of hydrogen-bond donors (Lipinski definition) is 2. The van der Waals surface area contributed by atoms with Gasteiger partial charge in [-0.2, -0.15) is 5.10 Å². The topological polar surface area (TPSA) is 104 Å². The summed E-state index contributed by atoms with van der Waals surface area (Å²) in [6.45, 7) is 4.61. The van der Waals surface area contributed by atoms with Crippen molar-refractivity contribution in [1.82, 2.24) is 20.5 Å². The number of aromatic nitrogens is 2. The van der Waals surface area contributed by atoms with Gasteiger partial charge >= 0.3 is 0 Å². The van der Waals surface area contributed by atoms with Crippen LogP contribution >= 0.6 is 0 Å². The highest BCUT2D eigenvalue weighted by atomic mass is 16.2. The zero-order valence-electron chi connectivity index (χ0n) is 16.1. The van der Waals surface area contributed by atoms with E-state index >= 15 is 0 Å². The normalized spacial score (nSPS) is 14.1. The summed E-state index contributed by atoms with van der Waals surface area (Å²) in [5.74, 6) is 5.88. The lowest BCUT2D eigenvalue weighted by molar-refractivity contribution is -0.129. The predicted octanol–water partition coefficient (Wildman–Crippen LogP) is 0.463. The van der Waals surface area contributed by atoms with E-state index in [0.717, 1.165) is 56.1 Å². The molecule has 1 saturated heterocycles. The van der Waals surface area contributed by atoms with Gasteiger partial charge in [-0.25, -0.2) is 5.84 Å². The molecule has 2 amide bonds. The first-order chi connectivity index (χ1) is 13.5. The Labute approximate surface area is 164 Å². The molecule has 3 N–H and O–H groups in total. The third-order valence-electron chi connectivity index (χ3n) is 4.97. The number of nitrogens with two attached hydrogens (primary N) is 1. The monoisotopic (exact) mass is 382 g/mol. The van der Waals surface area contributed by atoms with Crippen LogP contribution in [0, 0.1) is 0 Å². The number of benzene rings is 1. The molecule has 0 radical (unpaired) electrons. The zero-order chi connectivity index (χ0) is 19.9. The Morgan fingerprint density at radius 3 is 2.21 bits per heavy atom. The highest BCUT2D eigenvalue weighted by Crippen LogP contribution is 2.14. The van der Waals surface area contributed by atoms with Crippen LogP contribution in [-0.4, -0.2) is 53.1 Å². The van der Waals surface area contributed by atoms with Crippen molar-refractivity contribution in [2.75, 3.05) is 31.1 Å². The summed E-state index contributed by atoms with van der Waals surface area (Å²) in [5, 5.41) is 8.71. The SMILES string of the molecule is CC(=O)N1CCN(c2ccc(CCc3ccc(CC(=O)NN)cc3)nn2)CC1. The first kappa shape index (κ1) is 19.8. The van der Waals surface area contributed by atoms with E-state index in [1.807, 2.05) is 41.3 Å². The molecule has 0 atom stereocenters.